The van der Waals surface area contributed by atoms with Crippen LogP contribution in [0.4, 0.5) is 0 Å². The van der Waals surface area contributed by atoms with E-state index in [0.717, 1.165) is 43.0 Å². The van der Waals surface area contributed by atoms with Crippen LogP contribution >= 0.6 is 0 Å². The lowest BCUT2D eigenvalue weighted by Crippen LogP contribution is -2.53. The van der Waals surface area contributed by atoms with Gasteiger partial charge in [-0.05, 0) is 50.2 Å². The van der Waals surface area contributed by atoms with Crippen molar-refractivity contribution in [3.8, 4) is 0 Å². The third kappa shape index (κ3) is 6.77. The summed E-state index contributed by atoms with van der Waals surface area (Å²) in [4.78, 5) is 68.6. The molecule has 11 heteroatoms. The number of piperidine rings is 1. The van der Waals surface area contributed by atoms with Crippen molar-refractivity contribution in [3.63, 3.8) is 0 Å². The molecule has 3 aliphatic rings. The summed E-state index contributed by atoms with van der Waals surface area (Å²) < 4.78 is 0. The number of carbonyl (C=O) groups excluding carboxylic acids is 4. The normalized spacial score (nSPS) is 22.0. The van der Waals surface area contributed by atoms with Gasteiger partial charge in [-0.15, -0.1) is 0 Å². The molecule has 0 bridgehead atoms. The van der Waals surface area contributed by atoms with Gasteiger partial charge in [-0.2, -0.15) is 0 Å². The number of fused-ring (bicyclic) bond motifs is 1. The first-order chi connectivity index (χ1) is 20.1. The maximum absolute atomic E-state index is 13.6. The highest BCUT2D eigenvalue weighted by molar-refractivity contribution is 6.00. The van der Waals surface area contributed by atoms with Crippen LogP contribution in [-0.4, -0.2) is 75.3 Å². The quantitative estimate of drug-likeness (QED) is 0.307. The average molecular weight is 580 g/mol. The number of para-hydroxylation sites is 1. The van der Waals surface area contributed by atoms with Crippen LogP contribution in [0.2, 0.25) is 0 Å². The van der Waals surface area contributed by atoms with Crippen molar-refractivity contribution in [3.05, 3.63) is 36.0 Å². The van der Waals surface area contributed by atoms with Crippen molar-refractivity contribution >= 4 is 40.5 Å². The molecule has 226 valence electrons. The van der Waals surface area contributed by atoms with Crippen molar-refractivity contribution in [1.82, 2.24) is 25.8 Å². The van der Waals surface area contributed by atoms with Crippen LogP contribution in [0, 0.1) is 11.8 Å². The minimum absolute atomic E-state index is 0.00112. The molecule has 5 rings (SSSR count). The van der Waals surface area contributed by atoms with Crippen LogP contribution in [0.5, 0.6) is 0 Å². The first-order valence-electron chi connectivity index (χ1n) is 15.1. The number of aliphatic carboxylic acids is 1. The molecule has 0 unspecified atom stereocenters. The molecular weight excluding hydrogens is 538 g/mol. The van der Waals surface area contributed by atoms with E-state index in [2.05, 4.69) is 20.9 Å². The van der Waals surface area contributed by atoms with E-state index < -0.39 is 41.3 Å². The van der Waals surface area contributed by atoms with Gasteiger partial charge in [0.05, 0.1) is 0 Å². The Kier molecular flexibility index (Phi) is 8.84. The van der Waals surface area contributed by atoms with E-state index in [1.54, 1.807) is 11.0 Å². The minimum atomic E-state index is -1.28. The third-order valence-electron chi connectivity index (χ3n) is 9.39. The van der Waals surface area contributed by atoms with Gasteiger partial charge in [0.15, 0.2) is 0 Å². The van der Waals surface area contributed by atoms with Crippen LogP contribution in [0.3, 0.4) is 0 Å². The third-order valence-corrected chi connectivity index (χ3v) is 9.39. The van der Waals surface area contributed by atoms with Crippen LogP contribution in [0.15, 0.2) is 30.3 Å². The molecule has 3 atom stereocenters. The summed E-state index contributed by atoms with van der Waals surface area (Å²) in [5, 5.41) is 19.5. The number of nitrogens with one attached hydrogen (secondary N) is 4. The molecule has 4 amide bonds. The number of benzene rings is 1. The number of H-pyrrole nitrogens is 1. The molecule has 1 saturated carbocycles. The van der Waals surface area contributed by atoms with Crippen molar-refractivity contribution < 1.29 is 29.1 Å². The topological polar surface area (TPSA) is 161 Å². The summed E-state index contributed by atoms with van der Waals surface area (Å²) in [6.45, 7) is 2.61. The molecule has 3 heterocycles. The first kappa shape index (κ1) is 29.6. The van der Waals surface area contributed by atoms with Gasteiger partial charge < -0.3 is 30.9 Å². The molecule has 2 aromatic rings. The highest BCUT2D eigenvalue weighted by Gasteiger charge is 2.47. The minimum Gasteiger partial charge on any atom is -0.480 e. The summed E-state index contributed by atoms with van der Waals surface area (Å²) in [5.41, 5.74) is 0.676. The summed E-state index contributed by atoms with van der Waals surface area (Å²) in [6, 6.07) is 7.05. The molecule has 1 spiro atoms. The lowest BCUT2D eigenvalue weighted by Gasteiger charge is -2.39. The zero-order valence-corrected chi connectivity index (χ0v) is 24.1. The highest BCUT2D eigenvalue weighted by Crippen LogP contribution is 2.36. The largest absolute Gasteiger partial charge is 0.480 e. The maximum atomic E-state index is 13.6. The predicted molar refractivity (Wildman–Crippen MR) is 155 cm³/mol. The van der Waals surface area contributed by atoms with Crippen LogP contribution in [-0.2, 0) is 19.2 Å². The molecular formula is C31H41N5O6. The van der Waals surface area contributed by atoms with Gasteiger partial charge in [-0.3, -0.25) is 19.2 Å². The SMILES string of the molecule is CC(=O)N1CCC2(CC1)C[C@H](C[C@H](NC(=O)[C@H](CC1CCCCC1)NC(=O)c1cc3ccccc3[nH]1)C(=O)O)C(=O)N2. The second kappa shape index (κ2) is 12.5. The van der Waals surface area contributed by atoms with Gasteiger partial charge in [0.1, 0.15) is 17.8 Å². The molecule has 0 radical (unpaired) electrons. The Bertz CT molecular complexity index is 1310. The molecule has 2 saturated heterocycles. The second-order valence-electron chi connectivity index (χ2n) is 12.3. The molecule has 5 N–H and O–H groups in total. The molecule has 11 nitrogen and oxygen atoms in total. The predicted octanol–water partition coefficient (Wildman–Crippen LogP) is 2.71. The summed E-state index contributed by atoms with van der Waals surface area (Å²) in [6.07, 6.45) is 7.25. The Morgan fingerprint density at radius 1 is 1.02 bits per heavy atom. The van der Waals surface area contributed by atoms with Gasteiger partial charge >= 0.3 is 5.97 Å². The number of carboxylic acids is 1. The van der Waals surface area contributed by atoms with Gasteiger partial charge in [-0.25, -0.2) is 4.79 Å². The van der Waals surface area contributed by atoms with Crippen LogP contribution < -0.4 is 16.0 Å². The van der Waals surface area contributed by atoms with E-state index in [1.807, 2.05) is 24.3 Å². The number of hydrogen-bond acceptors (Lipinski definition) is 5. The summed E-state index contributed by atoms with van der Waals surface area (Å²) >= 11 is 0. The molecule has 2 aliphatic heterocycles. The Balaban J connectivity index is 1.26. The standard InChI is InChI=1S/C31H41N5O6/c1-19(37)36-13-11-31(12-14-36)18-22(27(38)35-31)17-26(30(41)42)34-28(39)24(15-20-7-3-2-4-8-20)33-29(40)25-16-21-9-5-6-10-23(21)32-25/h5-6,9-10,16,20,22,24,26,32H,2-4,7-8,11-15,17-18H2,1H3,(H,33,40)(H,34,39)(H,35,38)(H,41,42)/t22-,24-,26-/m0/s1. The molecule has 3 fully saturated rings. The van der Waals surface area contributed by atoms with Gasteiger partial charge in [0.2, 0.25) is 17.7 Å². The second-order valence-corrected chi connectivity index (χ2v) is 12.3. The number of hydrogen-bond donors (Lipinski definition) is 5. The van der Waals surface area contributed by atoms with Crippen molar-refractivity contribution in [1.29, 1.82) is 0 Å². The van der Waals surface area contributed by atoms with E-state index in [4.69, 9.17) is 0 Å². The van der Waals surface area contributed by atoms with Crippen molar-refractivity contribution in [2.45, 2.75) is 88.8 Å². The lowest BCUT2D eigenvalue weighted by molar-refractivity contribution is -0.143. The van der Waals surface area contributed by atoms with E-state index in [9.17, 15) is 29.1 Å². The Labute approximate surface area is 245 Å². The number of carbonyl (C=O) groups is 5. The lowest BCUT2D eigenvalue weighted by atomic mass is 9.82. The van der Waals surface area contributed by atoms with E-state index in [0.29, 0.717) is 44.5 Å². The van der Waals surface area contributed by atoms with Crippen LogP contribution in [0.25, 0.3) is 10.9 Å². The molecule has 1 aromatic heterocycles. The Morgan fingerprint density at radius 2 is 1.74 bits per heavy atom. The Hall–Kier alpha value is -3.89. The van der Waals surface area contributed by atoms with E-state index in [-0.39, 0.29) is 24.2 Å². The van der Waals surface area contributed by atoms with Gasteiger partial charge in [0.25, 0.3) is 5.91 Å². The maximum Gasteiger partial charge on any atom is 0.326 e. The zero-order valence-electron chi connectivity index (χ0n) is 24.1. The molecule has 1 aromatic carbocycles. The number of nitrogens with zero attached hydrogens (tertiary/aromatic N) is 1. The van der Waals surface area contributed by atoms with Crippen LogP contribution in [0.1, 0.15) is 81.6 Å². The monoisotopic (exact) mass is 579 g/mol. The Morgan fingerprint density at radius 3 is 2.40 bits per heavy atom. The number of aromatic nitrogens is 1. The molecule has 1 aliphatic carbocycles. The number of aromatic amines is 1. The van der Waals surface area contributed by atoms with Crippen molar-refractivity contribution in [2.75, 3.05) is 13.1 Å². The number of rotatable bonds is 9. The number of carboxylic acid groups (broad SMARTS) is 1. The number of amides is 4. The average Bonchev–Trinajstić information content (AvgIpc) is 3.53. The summed E-state index contributed by atoms with van der Waals surface area (Å²) in [5.74, 6) is -2.75. The first-order valence-corrected chi connectivity index (χ1v) is 15.1. The van der Waals surface area contributed by atoms with Gasteiger partial charge in [-0.1, -0.05) is 50.3 Å². The smallest absolute Gasteiger partial charge is 0.326 e. The van der Waals surface area contributed by atoms with E-state index in [1.165, 1.54) is 6.92 Å². The number of likely N-dealkylation sites (tertiary alicyclic amines) is 1. The fourth-order valence-corrected chi connectivity index (χ4v) is 6.95. The highest BCUT2D eigenvalue weighted by atomic mass is 16.4. The van der Waals surface area contributed by atoms with Gasteiger partial charge in [0, 0.05) is 42.4 Å². The zero-order chi connectivity index (χ0) is 29.9. The van der Waals surface area contributed by atoms with E-state index >= 15 is 0 Å². The fraction of sp³-hybridized carbons (Fsp3) is 0.581. The fourth-order valence-electron chi connectivity index (χ4n) is 6.95. The summed E-state index contributed by atoms with van der Waals surface area (Å²) in [7, 11) is 0. The van der Waals surface area contributed by atoms with Crippen molar-refractivity contribution in [2.24, 2.45) is 11.8 Å². The molecule has 42 heavy (non-hydrogen) atoms.